The van der Waals surface area contributed by atoms with Crippen molar-refractivity contribution in [2.24, 2.45) is 5.92 Å². The molecule has 45 heavy (non-hydrogen) atoms. The maximum Gasteiger partial charge on any atom is 0.417 e. The predicted molar refractivity (Wildman–Crippen MR) is 158 cm³/mol. The fourth-order valence-corrected chi connectivity index (χ4v) is 8.35. The third kappa shape index (κ3) is 8.76. The SMILES string of the molecule is CC(C)(C)OC(=O)N1CCC(CC(=O)N2CCC(NS(=O)(=O)c3cc(S(=O)(=O)c4ccccc4)ccc3C(F)(F)F)CC2)CC1. The summed E-state index contributed by atoms with van der Waals surface area (Å²) in [5.41, 5.74) is -2.08. The van der Waals surface area contributed by atoms with Gasteiger partial charge in [-0.3, -0.25) is 4.79 Å². The Labute approximate surface area is 261 Å². The van der Waals surface area contributed by atoms with Crippen molar-refractivity contribution in [3.05, 3.63) is 54.1 Å². The normalized spacial score (nSPS) is 17.7. The van der Waals surface area contributed by atoms with Crippen molar-refractivity contribution < 1.29 is 44.3 Å². The van der Waals surface area contributed by atoms with Gasteiger partial charge in [0.05, 0.1) is 20.2 Å². The summed E-state index contributed by atoms with van der Waals surface area (Å²) in [6.07, 6.45) is -3.54. The van der Waals surface area contributed by atoms with Crippen LogP contribution in [-0.4, -0.2) is 76.5 Å². The summed E-state index contributed by atoms with van der Waals surface area (Å²) in [5.74, 6) is -0.0298. The van der Waals surface area contributed by atoms with Gasteiger partial charge in [-0.1, -0.05) is 18.2 Å². The third-order valence-corrected chi connectivity index (χ3v) is 11.1. The van der Waals surface area contributed by atoms with Crippen LogP contribution in [-0.2, 0) is 35.6 Å². The quantitative estimate of drug-likeness (QED) is 0.445. The molecule has 0 bridgehead atoms. The lowest BCUT2D eigenvalue weighted by Gasteiger charge is -2.35. The number of likely N-dealkylation sites (tertiary alicyclic amines) is 2. The van der Waals surface area contributed by atoms with Crippen LogP contribution in [0.4, 0.5) is 18.0 Å². The van der Waals surface area contributed by atoms with Gasteiger partial charge in [-0.15, -0.1) is 0 Å². The minimum Gasteiger partial charge on any atom is -0.444 e. The molecule has 15 heteroatoms. The standard InChI is InChI=1S/C30H38F3N3O7S2/c1-29(2,3)43-28(38)36-15-11-21(12-16-36)19-27(37)35-17-13-22(14-18-35)34-45(41,42)26-20-24(9-10-25(26)30(31,32)33)44(39,40)23-7-5-4-6-8-23/h4-10,20-22,34H,11-19H2,1-3H3. The molecule has 2 aromatic rings. The van der Waals surface area contributed by atoms with Gasteiger partial charge >= 0.3 is 12.3 Å². The van der Waals surface area contributed by atoms with Crippen molar-refractivity contribution in [3.63, 3.8) is 0 Å². The molecule has 1 N–H and O–H groups in total. The fourth-order valence-electron chi connectivity index (χ4n) is 5.41. The predicted octanol–water partition coefficient (Wildman–Crippen LogP) is 4.84. The number of sulfone groups is 1. The number of halogens is 3. The zero-order valence-corrected chi connectivity index (χ0v) is 27.0. The maximum atomic E-state index is 13.9. The van der Waals surface area contributed by atoms with Crippen molar-refractivity contribution >= 4 is 31.9 Å². The highest BCUT2D eigenvalue weighted by Crippen LogP contribution is 2.36. The Bertz CT molecular complexity index is 1590. The summed E-state index contributed by atoms with van der Waals surface area (Å²) in [4.78, 5) is 26.6. The van der Waals surface area contributed by atoms with E-state index in [1.165, 1.54) is 24.3 Å². The highest BCUT2D eigenvalue weighted by molar-refractivity contribution is 7.91. The molecule has 248 valence electrons. The Balaban J connectivity index is 1.37. The van der Waals surface area contributed by atoms with E-state index in [9.17, 15) is 39.6 Å². The molecule has 4 rings (SSSR count). The van der Waals surface area contributed by atoms with E-state index in [4.69, 9.17) is 4.74 Å². The molecule has 2 fully saturated rings. The number of carbonyl (C=O) groups is 2. The Morgan fingerprint density at radius 1 is 0.844 bits per heavy atom. The van der Waals surface area contributed by atoms with Gasteiger partial charge in [0.1, 0.15) is 5.60 Å². The zero-order valence-electron chi connectivity index (χ0n) is 25.3. The van der Waals surface area contributed by atoms with Gasteiger partial charge in [0.2, 0.25) is 25.8 Å². The molecular weight excluding hydrogens is 635 g/mol. The van der Waals surface area contributed by atoms with E-state index in [0.29, 0.717) is 38.1 Å². The van der Waals surface area contributed by atoms with E-state index in [-0.39, 0.29) is 55.2 Å². The summed E-state index contributed by atoms with van der Waals surface area (Å²) < 4.78 is 102. The summed E-state index contributed by atoms with van der Waals surface area (Å²) in [7, 11) is -9.09. The van der Waals surface area contributed by atoms with Crippen LogP contribution in [0.1, 0.15) is 58.4 Å². The summed E-state index contributed by atoms with van der Waals surface area (Å²) in [5, 5.41) is 0. The molecule has 0 atom stereocenters. The molecule has 0 spiro atoms. The molecule has 2 heterocycles. The van der Waals surface area contributed by atoms with Gasteiger partial charge in [-0.25, -0.2) is 26.4 Å². The molecule has 2 aliphatic heterocycles. The first-order chi connectivity index (χ1) is 20.9. The van der Waals surface area contributed by atoms with E-state index in [1.54, 1.807) is 36.6 Å². The number of ether oxygens (including phenoxy) is 1. The van der Waals surface area contributed by atoms with Crippen LogP contribution in [0.3, 0.4) is 0 Å². The van der Waals surface area contributed by atoms with Crippen molar-refractivity contribution in [2.45, 2.75) is 85.4 Å². The summed E-state index contributed by atoms with van der Waals surface area (Å²) in [6, 6.07) is 7.99. The van der Waals surface area contributed by atoms with Crippen molar-refractivity contribution in [1.82, 2.24) is 14.5 Å². The average molecular weight is 674 g/mol. The van der Waals surface area contributed by atoms with Gasteiger partial charge in [-0.05, 0) is 82.7 Å². The lowest BCUT2D eigenvalue weighted by Crippen LogP contribution is -2.47. The Hall–Kier alpha value is -3.17. The molecule has 0 unspecified atom stereocenters. The Morgan fingerprint density at radius 2 is 1.42 bits per heavy atom. The van der Waals surface area contributed by atoms with Gasteiger partial charge in [0.25, 0.3) is 0 Å². The van der Waals surface area contributed by atoms with E-state index in [1.807, 2.05) is 0 Å². The van der Waals surface area contributed by atoms with Crippen LogP contribution in [0.15, 0.2) is 63.2 Å². The molecule has 10 nitrogen and oxygen atoms in total. The Morgan fingerprint density at radius 3 is 1.98 bits per heavy atom. The zero-order chi connectivity index (χ0) is 33.2. The van der Waals surface area contributed by atoms with Gasteiger partial charge < -0.3 is 14.5 Å². The molecule has 0 aromatic heterocycles. The van der Waals surface area contributed by atoms with Crippen LogP contribution in [0.25, 0.3) is 0 Å². The maximum absolute atomic E-state index is 13.9. The first-order valence-electron chi connectivity index (χ1n) is 14.7. The van der Waals surface area contributed by atoms with E-state index < -0.39 is 53.0 Å². The molecule has 2 aliphatic rings. The second-order valence-electron chi connectivity index (χ2n) is 12.4. The highest BCUT2D eigenvalue weighted by atomic mass is 32.2. The second kappa shape index (κ2) is 13.3. The van der Waals surface area contributed by atoms with Crippen LogP contribution < -0.4 is 4.72 Å². The third-order valence-electron chi connectivity index (χ3n) is 7.81. The molecule has 0 aliphatic carbocycles. The number of nitrogens with zero attached hydrogens (tertiary/aromatic N) is 2. The minimum absolute atomic E-state index is 0.0765. The highest BCUT2D eigenvalue weighted by Gasteiger charge is 2.39. The lowest BCUT2D eigenvalue weighted by atomic mass is 9.92. The van der Waals surface area contributed by atoms with Crippen molar-refractivity contribution in [3.8, 4) is 0 Å². The average Bonchev–Trinajstić information content (AvgIpc) is 2.96. The summed E-state index contributed by atoms with van der Waals surface area (Å²) >= 11 is 0. The minimum atomic E-state index is -5.06. The lowest BCUT2D eigenvalue weighted by molar-refractivity contribution is -0.140. The number of hydrogen-bond donors (Lipinski definition) is 1. The second-order valence-corrected chi connectivity index (χ2v) is 16.0. The number of nitrogens with one attached hydrogen (secondary N) is 1. The first-order valence-corrected chi connectivity index (χ1v) is 17.6. The monoisotopic (exact) mass is 673 g/mol. The summed E-state index contributed by atoms with van der Waals surface area (Å²) in [6.45, 7) is 6.74. The topological polar surface area (TPSA) is 130 Å². The number of rotatable bonds is 7. The smallest absolute Gasteiger partial charge is 0.417 e. The van der Waals surface area contributed by atoms with Crippen molar-refractivity contribution in [1.29, 1.82) is 0 Å². The van der Waals surface area contributed by atoms with E-state index >= 15 is 0 Å². The van der Waals surface area contributed by atoms with Crippen LogP contribution >= 0.6 is 0 Å². The number of amides is 2. The number of benzene rings is 2. The molecule has 0 saturated carbocycles. The molecule has 0 radical (unpaired) electrons. The van der Waals surface area contributed by atoms with Gasteiger partial charge in [0.15, 0.2) is 0 Å². The van der Waals surface area contributed by atoms with Crippen molar-refractivity contribution in [2.75, 3.05) is 26.2 Å². The largest absolute Gasteiger partial charge is 0.444 e. The van der Waals surface area contributed by atoms with Crippen LogP contribution in [0, 0.1) is 5.92 Å². The first kappa shape index (κ1) is 34.7. The Kier molecular flexibility index (Phi) is 10.2. The number of piperidine rings is 2. The molecule has 2 aromatic carbocycles. The van der Waals surface area contributed by atoms with Crippen LogP contribution in [0.2, 0.25) is 0 Å². The van der Waals surface area contributed by atoms with E-state index in [0.717, 1.165) is 6.07 Å². The van der Waals surface area contributed by atoms with Crippen LogP contribution in [0.5, 0.6) is 0 Å². The molecular formula is C30H38F3N3O7S2. The number of alkyl halides is 3. The van der Waals surface area contributed by atoms with E-state index in [2.05, 4.69) is 4.72 Å². The van der Waals surface area contributed by atoms with Gasteiger partial charge in [-0.2, -0.15) is 13.2 Å². The molecule has 2 saturated heterocycles. The fraction of sp³-hybridized carbons (Fsp3) is 0.533. The number of carbonyl (C=O) groups excluding carboxylic acids is 2. The number of sulfonamides is 1. The molecule has 2 amide bonds. The van der Waals surface area contributed by atoms with Gasteiger partial charge in [0, 0.05) is 38.6 Å². The number of hydrogen-bond acceptors (Lipinski definition) is 7.